The summed E-state index contributed by atoms with van der Waals surface area (Å²) in [4.78, 5) is 10.7. The predicted molar refractivity (Wildman–Crippen MR) is 64.5 cm³/mol. The van der Waals surface area contributed by atoms with Crippen LogP contribution >= 0.6 is 0 Å². The number of rotatable bonds is 4. The summed E-state index contributed by atoms with van der Waals surface area (Å²) in [6, 6.07) is 6.28. The minimum Gasteiger partial charge on any atom is -0.609 e. The van der Waals surface area contributed by atoms with Gasteiger partial charge in [-0.2, -0.15) is 0 Å². The number of hydrogen-bond donors (Lipinski definition) is 1. The molecule has 0 amide bonds. The number of aromatic carboxylic acids is 1. The van der Waals surface area contributed by atoms with Crippen LogP contribution in [0.2, 0.25) is 0 Å². The van der Waals surface area contributed by atoms with Crippen molar-refractivity contribution in [2.24, 2.45) is 7.05 Å². The second kappa shape index (κ2) is 5.19. The lowest BCUT2D eigenvalue weighted by molar-refractivity contribution is 0.0697. The first kappa shape index (κ1) is 12.6. The maximum Gasteiger partial charge on any atom is 0.343 e. The molecule has 0 radical (unpaired) electrons. The van der Waals surface area contributed by atoms with E-state index in [0.29, 0.717) is 5.16 Å². The number of carboxylic acids is 1. The highest BCUT2D eigenvalue weighted by Gasteiger charge is 2.18. The molecule has 0 bridgehead atoms. The SMILES string of the molecule is Cn1cnnc1[S+]([O-])Cc1ccc(C(=O)O)cc1. The van der Waals surface area contributed by atoms with Crippen molar-refractivity contribution in [2.75, 3.05) is 0 Å². The van der Waals surface area contributed by atoms with Crippen molar-refractivity contribution >= 4 is 17.1 Å². The molecule has 0 aliphatic rings. The van der Waals surface area contributed by atoms with Crippen LogP contribution in [0.1, 0.15) is 15.9 Å². The van der Waals surface area contributed by atoms with Crippen LogP contribution in [0.15, 0.2) is 35.7 Å². The van der Waals surface area contributed by atoms with Crippen LogP contribution in [0.25, 0.3) is 0 Å². The first-order chi connectivity index (χ1) is 8.58. The molecule has 7 heteroatoms. The molecule has 0 fully saturated rings. The molecule has 94 valence electrons. The first-order valence-corrected chi connectivity index (χ1v) is 6.44. The van der Waals surface area contributed by atoms with Gasteiger partial charge in [0.25, 0.3) is 0 Å². The van der Waals surface area contributed by atoms with E-state index < -0.39 is 17.1 Å². The summed E-state index contributed by atoms with van der Waals surface area (Å²) < 4.78 is 13.6. The maximum atomic E-state index is 12.0. The molecule has 2 rings (SSSR count). The van der Waals surface area contributed by atoms with Gasteiger partial charge >= 0.3 is 11.1 Å². The molecule has 0 aliphatic heterocycles. The van der Waals surface area contributed by atoms with Gasteiger partial charge in [-0.25, -0.2) is 4.79 Å². The van der Waals surface area contributed by atoms with Crippen molar-refractivity contribution in [1.29, 1.82) is 0 Å². The Hall–Kier alpha value is -1.86. The average Bonchev–Trinajstić information content (AvgIpc) is 2.76. The molecule has 1 aromatic carbocycles. The zero-order chi connectivity index (χ0) is 13.1. The van der Waals surface area contributed by atoms with Gasteiger partial charge < -0.3 is 9.66 Å². The number of carboxylic acid groups (broad SMARTS) is 1. The summed E-state index contributed by atoms with van der Waals surface area (Å²) >= 11 is -1.29. The molecular formula is C11H11N3O3S. The van der Waals surface area contributed by atoms with Crippen LogP contribution in [0.4, 0.5) is 0 Å². The third-order valence-corrected chi connectivity index (χ3v) is 3.74. The molecule has 0 aliphatic carbocycles. The maximum absolute atomic E-state index is 12.0. The molecule has 6 nitrogen and oxygen atoms in total. The van der Waals surface area contributed by atoms with Crippen LogP contribution in [-0.4, -0.2) is 30.4 Å². The second-order valence-corrected chi connectivity index (χ2v) is 5.06. The van der Waals surface area contributed by atoms with Gasteiger partial charge in [0.05, 0.1) is 5.56 Å². The summed E-state index contributed by atoms with van der Waals surface area (Å²) in [6.07, 6.45) is 1.49. The highest BCUT2D eigenvalue weighted by Crippen LogP contribution is 2.14. The quantitative estimate of drug-likeness (QED) is 0.826. The molecular weight excluding hydrogens is 254 g/mol. The molecule has 0 saturated carbocycles. The number of aromatic nitrogens is 3. The van der Waals surface area contributed by atoms with E-state index in [4.69, 9.17) is 5.11 Å². The highest BCUT2D eigenvalue weighted by molar-refractivity contribution is 7.90. The summed E-state index contributed by atoms with van der Waals surface area (Å²) in [5.41, 5.74) is 1.00. The molecule has 0 saturated heterocycles. The fourth-order valence-electron chi connectivity index (χ4n) is 1.44. The summed E-state index contributed by atoms with van der Waals surface area (Å²) in [5, 5.41) is 16.6. The van der Waals surface area contributed by atoms with E-state index in [9.17, 15) is 9.35 Å². The molecule has 1 atom stereocenters. The fourth-order valence-corrected chi connectivity index (χ4v) is 2.57. The summed E-state index contributed by atoms with van der Waals surface area (Å²) in [5.74, 6) is -0.692. The summed E-state index contributed by atoms with van der Waals surface area (Å²) in [6.45, 7) is 0. The predicted octanol–water partition coefficient (Wildman–Crippen LogP) is 0.821. The zero-order valence-corrected chi connectivity index (χ0v) is 10.4. The van der Waals surface area contributed by atoms with Gasteiger partial charge in [0.1, 0.15) is 12.1 Å². The topological polar surface area (TPSA) is 91.1 Å². The molecule has 18 heavy (non-hydrogen) atoms. The van der Waals surface area contributed by atoms with Crippen molar-refractivity contribution in [3.8, 4) is 0 Å². The smallest absolute Gasteiger partial charge is 0.343 e. The standard InChI is InChI=1S/C11H11N3O3S/c1-14-7-12-13-11(14)18(17)6-8-2-4-9(5-3-8)10(15)16/h2-5,7H,6H2,1H3,(H,15,16). The monoisotopic (exact) mass is 265 g/mol. The molecule has 1 heterocycles. The van der Waals surface area contributed by atoms with E-state index in [2.05, 4.69) is 10.2 Å². The lowest BCUT2D eigenvalue weighted by atomic mass is 10.1. The highest BCUT2D eigenvalue weighted by atomic mass is 32.2. The van der Waals surface area contributed by atoms with Crippen molar-refractivity contribution in [1.82, 2.24) is 14.8 Å². The van der Waals surface area contributed by atoms with Crippen molar-refractivity contribution in [2.45, 2.75) is 10.9 Å². The van der Waals surface area contributed by atoms with Crippen molar-refractivity contribution < 1.29 is 14.5 Å². The lowest BCUT2D eigenvalue weighted by Crippen LogP contribution is -2.11. The number of nitrogens with zero attached hydrogens (tertiary/aromatic N) is 3. The number of hydrogen-bond acceptors (Lipinski definition) is 4. The molecule has 2 aromatic rings. The summed E-state index contributed by atoms with van der Waals surface area (Å²) in [7, 11) is 1.72. The number of benzene rings is 1. The minimum absolute atomic E-state index is 0.211. The zero-order valence-electron chi connectivity index (χ0n) is 9.61. The van der Waals surface area contributed by atoms with Crippen LogP contribution < -0.4 is 0 Å². The Kier molecular flexibility index (Phi) is 3.63. The minimum atomic E-state index is -1.29. The van der Waals surface area contributed by atoms with Gasteiger partial charge in [-0.15, -0.1) is 5.10 Å². The Morgan fingerprint density at radius 1 is 1.44 bits per heavy atom. The second-order valence-electron chi connectivity index (χ2n) is 3.72. The third kappa shape index (κ3) is 2.69. The van der Waals surface area contributed by atoms with Gasteiger partial charge in [-0.1, -0.05) is 17.2 Å². The van der Waals surface area contributed by atoms with E-state index in [1.54, 1.807) is 23.7 Å². The van der Waals surface area contributed by atoms with E-state index in [1.165, 1.54) is 18.5 Å². The Morgan fingerprint density at radius 2 is 2.11 bits per heavy atom. The number of aryl methyl sites for hydroxylation is 1. The molecule has 1 N–H and O–H groups in total. The van der Waals surface area contributed by atoms with Crippen molar-refractivity contribution in [3.05, 3.63) is 41.7 Å². The van der Waals surface area contributed by atoms with E-state index in [-0.39, 0.29) is 11.3 Å². The fraction of sp³-hybridized carbons (Fsp3) is 0.182. The van der Waals surface area contributed by atoms with Crippen LogP contribution in [-0.2, 0) is 24.0 Å². The molecule has 0 spiro atoms. The van der Waals surface area contributed by atoms with E-state index >= 15 is 0 Å². The van der Waals surface area contributed by atoms with Gasteiger partial charge in [-0.05, 0) is 12.1 Å². The first-order valence-electron chi connectivity index (χ1n) is 5.12. The Bertz CT molecular complexity index is 553. The van der Waals surface area contributed by atoms with Gasteiger partial charge in [0.15, 0.2) is 0 Å². The van der Waals surface area contributed by atoms with Crippen molar-refractivity contribution in [3.63, 3.8) is 0 Å². The third-order valence-electron chi connectivity index (χ3n) is 2.37. The Morgan fingerprint density at radius 3 is 2.61 bits per heavy atom. The van der Waals surface area contributed by atoms with E-state index in [0.717, 1.165) is 5.56 Å². The van der Waals surface area contributed by atoms with Gasteiger partial charge in [0, 0.05) is 23.8 Å². The van der Waals surface area contributed by atoms with Gasteiger partial charge in [0.2, 0.25) is 0 Å². The average molecular weight is 265 g/mol. The van der Waals surface area contributed by atoms with Gasteiger partial charge in [-0.3, -0.25) is 4.57 Å². The van der Waals surface area contributed by atoms with E-state index in [1.807, 2.05) is 0 Å². The largest absolute Gasteiger partial charge is 0.609 e. The van der Waals surface area contributed by atoms with Crippen LogP contribution in [0.5, 0.6) is 0 Å². The lowest BCUT2D eigenvalue weighted by Gasteiger charge is -2.08. The van der Waals surface area contributed by atoms with Crippen LogP contribution in [0, 0.1) is 0 Å². The number of carbonyl (C=O) groups is 1. The Labute approximate surface area is 106 Å². The molecule has 1 aromatic heterocycles. The van der Waals surface area contributed by atoms with Crippen LogP contribution in [0.3, 0.4) is 0 Å². The normalized spacial score (nSPS) is 12.3. The Balaban J connectivity index is 2.10. The molecule has 1 unspecified atom stereocenters.